The number of benzene rings is 1. The van der Waals surface area contributed by atoms with Crippen LogP contribution in [0.1, 0.15) is 40.7 Å². The van der Waals surface area contributed by atoms with Crippen LogP contribution in [0.25, 0.3) is 0 Å². The average Bonchev–Trinajstić information content (AvgIpc) is 3.11. The monoisotopic (exact) mass is 372 g/mol. The molecule has 1 atom stereocenters. The summed E-state index contributed by atoms with van der Waals surface area (Å²) in [6.45, 7) is 1.82. The van der Waals surface area contributed by atoms with Crippen molar-refractivity contribution in [1.82, 2.24) is 14.7 Å². The third-order valence-corrected chi connectivity index (χ3v) is 5.28. The molecule has 27 heavy (non-hydrogen) atoms. The summed E-state index contributed by atoms with van der Waals surface area (Å²) in [6.07, 6.45) is 0.946. The van der Waals surface area contributed by atoms with E-state index >= 15 is 0 Å². The van der Waals surface area contributed by atoms with E-state index in [1.165, 1.54) is 12.1 Å². The highest BCUT2D eigenvalue weighted by atomic mass is 19.1. The Morgan fingerprint density at radius 3 is 2.56 bits per heavy atom. The lowest BCUT2D eigenvalue weighted by Crippen LogP contribution is -2.41. The lowest BCUT2D eigenvalue weighted by atomic mass is 9.96. The Kier molecular flexibility index (Phi) is 4.65. The molecule has 2 aromatic rings. The third kappa shape index (κ3) is 3.57. The highest BCUT2D eigenvalue weighted by Gasteiger charge is 2.29. The van der Waals surface area contributed by atoms with Gasteiger partial charge in [0.05, 0.1) is 18.8 Å². The van der Waals surface area contributed by atoms with Gasteiger partial charge in [0.25, 0.3) is 5.91 Å². The second kappa shape index (κ2) is 7.11. The van der Waals surface area contributed by atoms with Crippen molar-refractivity contribution in [2.75, 3.05) is 13.1 Å². The Labute approximate surface area is 155 Å². The Hall–Kier alpha value is -2.74. The number of hydrogen-bond acceptors (Lipinski definition) is 4. The van der Waals surface area contributed by atoms with Crippen LogP contribution >= 0.6 is 0 Å². The minimum absolute atomic E-state index is 0.141. The molecule has 4 rings (SSSR count). The molecule has 0 aliphatic carbocycles. The smallest absolute Gasteiger partial charge is 0.274 e. The van der Waals surface area contributed by atoms with Gasteiger partial charge in [0.2, 0.25) is 5.91 Å². The number of aromatic nitrogens is 2. The number of carbonyl (C=O) groups excluding carboxylic acids is 2. The fraction of sp³-hybridized carbons (Fsp3) is 0.421. The van der Waals surface area contributed by atoms with Crippen molar-refractivity contribution in [3.8, 4) is 0 Å². The van der Waals surface area contributed by atoms with Crippen molar-refractivity contribution >= 4 is 11.8 Å². The number of hydrogen-bond donors (Lipinski definition) is 1. The van der Waals surface area contributed by atoms with E-state index in [4.69, 9.17) is 10.5 Å². The average molecular weight is 372 g/mol. The van der Waals surface area contributed by atoms with Gasteiger partial charge in [-0.2, -0.15) is 5.10 Å². The zero-order valence-corrected chi connectivity index (χ0v) is 14.8. The molecule has 2 aliphatic rings. The second-order valence-electron chi connectivity index (χ2n) is 7.02. The summed E-state index contributed by atoms with van der Waals surface area (Å²) in [4.78, 5) is 25.7. The van der Waals surface area contributed by atoms with Crippen LogP contribution in [-0.4, -0.2) is 39.6 Å². The van der Waals surface area contributed by atoms with Gasteiger partial charge in [-0.05, 0) is 36.6 Å². The second-order valence-corrected chi connectivity index (χ2v) is 7.02. The van der Waals surface area contributed by atoms with Gasteiger partial charge in [-0.15, -0.1) is 0 Å². The summed E-state index contributed by atoms with van der Waals surface area (Å²) in [7, 11) is 0. The van der Waals surface area contributed by atoms with Crippen LogP contribution in [0.3, 0.4) is 0 Å². The topological polar surface area (TPSA) is 90.5 Å². The molecule has 0 saturated carbocycles. The number of ether oxygens (including phenoxy) is 1. The molecule has 8 heteroatoms. The highest BCUT2D eigenvalue weighted by Crippen LogP contribution is 2.27. The molecular formula is C19H21FN4O3. The first-order valence-electron chi connectivity index (χ1n) is 9.03. The molecule has 2 N–H and O–H groups in total. The summed E-state index contributed by atoms with van der Waals surface area (Å²) in [6, 6.07) is 7.96. The molecule has 0 radical (unpaired) electrons. The molecule has 0 spiro atoms. The molecule has 0 bridgehead atoms. The predicted octanol–water partition coefficient (Wildman–Crippen LogP) is 1.63. The van der Waals surface area contributed by atoms with E-state index in [1.807, 2.05) is 0 Å². The van der Waals surface area contributed by atoms with Crippen molar-refractivity contribution in [2.45, 2.75) is 32.1 Å². The molecule has 1 aromatic heterocycles. The van der Waals surface area contributed by atoms with Gasteiger partial charge in [0, 0.05) is 19.0 Å². The van der Waals surface area contributed by atoms with Crippen LogP contribution < -0.4 is 5.73 Å². The van der Waals surface area contributed by atoms with Gasteiger partial charge in [-0.25, -0.2) is 4.39 Å². The predicted molar refractivity (Wildman–Crippen MR) is 94.0 cm³/mol. The largest absolute Gasteiger partial charge is 0.369 e. The molecule has 2 amide bonds. The van der Waals surface area contributed by atoms with Crippen molar-refractivity contribution in [2.24, 2.45) is 11.7 Å². The van der Waals surface area contributed by atoms with Crippen LogP contribution in [0.5, 0.6) is 0 Å². The van der Waals surface area contributed by atoms with Gasteiger partial charge >= 0.3 is 0 Å². The van der Waals surface area contributed by atoms with Crippen molar-refractivity contribution < 1.29 is 18.7 Å². The molecule has 7 nitrogen and oxygen atoms in total. The SMILES string of the molecule is NC(=O)C1CCN(C(=O)c2cc3n(n2)C[C@@H](c2ccc(F)cc2)OC3)CC1. The van der Waals surface area contributed by atoms with E-state index in [1.54, 1.807) is 27.8 Å². The standard InChI is InChI=1S/C19H21FN4O3/c20-14-3-1-12(2-4-14)17-10-24-15(11-27-17)9-16(22-24)19(26)23-7-5-13(6-8-23)18(21)25/h1-4,9,13,17H,5-8,10-11H2,(H2,21,25)/t17-/m0/s1. The van der Waals surface area contributed by atoms with Gasteiger partial charge < -0.3 is 15.4 Å². The van der Waals surface area contributed by atoms with Gasteiger partial charge in [0.15, 0.2) is 5.69 Å². The first-order chi connectivity index (χ1) is 13.0. The molecule has 0 unspecified atom stereocenters. The van der Waals surface area contributed by atoms with Crippen LogP contribution in [0.2, 0.25) is 0 Å². The Bertz CT molecular complexity index is 856. The summed E-state index contributed by atoms with van der Waals surface area (Å²) in [5.41, 5.74) is 7.43. The van der Waals surface area contributed by atoms with Crippen molar-refractivity contribution in [3.05, 3.63) is 53.1 Å². The zero-order chi connectivity index (χ0) is 19.0. The normalized spacial score (nSPS) is 20.3. The Morgan fingerprint density at radius 2 is 1.89 bits per heavy atom. The van der Waals surface area contributed by atoms with Crippen LogP contribution in [0, 0.1) is 11.7 Å². The summed E-state index contributed by atoms with van der Waals surface area (Å²) < 4.78 is 20.7. The number of primary amides is 1. The summed E-state index contributed by atoms with van der Waals surface area (Å²) in [5.74, 6) is -0.891. The van der Waals surface area contributed by atoms with E-state index in [0.717, 1.165) is 11.3 Å². The number of likely N-dealkylation sites (tertiary alicyclic amines) is 1. The van der Waals surface area contributed by atoms with Crippen molar-refractivity contribution in [3.63, 3.8) is 0 Å². The van der Waals surface area contributed by atoms with E-state index in [2.05, 4.69) is 5.10 Å². The van der Waals surface area contributed by atoms with Crippen LogP contribution in [-0.2, 0) is 22.7 Å². The number of amides is 2. The molecule has 1 saturated heterocycles. The maximum absolute atomic E-state index is 13.1. The first-order valence-corrected chi connectivity index (χ1v) is 9.03. The summed E-state index contributed by atoms with van der Waals surface area (Å²) >= 11 is 0. The molecule has 142 valence electrons. The minimum atomic E-state index is -0.302. The number of nitrogens with zero attached hydrogens (tertiary/aromatic N) is 3. The highest BCUT2D eigenvalue weighted by molar-refractivity contribution is 5.92. The number of rotatable bonds is 3. The van der Waals surface area contributed by atoms with Gasteiger partial charge in [-0.1, -0.05) is 12.1 Å². The molecule has 1 fully saturated rings. The molecule has 3 heterocycles. The molecular weight excluding hydrogens is 351 g/mol. The fourth-order valence-corrected chi connectivity index (χ4v) is 3.64. The number of fused-ring (bicyclic) bond motifs is 1. The number of nitrogens with two attached hydrogens (primary N) is 1. The number of carbonyl (C=O) groups is 2. The molecule has 1 aromatic carbocycles. The van der Waals surface area contributed by atoms with E-state index in [9.17, 15) is 14.0 Å². The van der Waals surface area contributed by atoms with Crippen LogP contribution in [0.4, 0.5) is 4.39 Å². The maximum Gasteiger partial charge on any atom is 0.274 e. The zero-order valence-electron chi connectivity index (χ0n) is 14.8. The van der Waals surface area contributed by atoms with Gasteiger partial charge in [0.1, 0.15) is 11.9 Å². The Morgan fingerprint density at radius 1 is 1.19 bits per heavy atom. The Balaban J connectivity index is 1.44. The van der Waals surface area contributed by atoms with Gasteiger partial charge in [-0.3, -0.25) is 14.3 Å². The quantitative estimate of drug-likeness (QED) is 0.887. The van der Waals surface area contributed by atoms with E-state index < -0.39 is 0 Å². The van der Waals surface area contributed by atoms with E-state index in [-0.39, 0.29) is 29.7 Å². The van der Waals surface area contributed by atoms with Crippen molar-refractivity contribution in [1.29, 1.82) is 0 Å². The minimum Gasteiger partial charge on any atom is -0.369 e. The van der Waals surface area contributed by atoms with E-state index in [0.29, 0.717) is 44.8 Å². The third-order valence-electron chi connectivity index (χ3n) is 5.28. The lowest BCUT2D eigenvalue weighted by Gasteiger charge is -2.30. The molecule has 2 aliphatic heterocycles. The fourth-order valence-electron chi connectivity index (χ4n) is 3.64. The summed E-state index contributed by atoms with van der Waals surface area (Å²) in [5, 5.41) is 4.45. The lowest BCUT2D eigenvalue weighted by molar-refractivity contribution is -0.123. The first kappa shape index (κ1) is 17.7. The maximum atomic E-state index is 13.1. The van der Waals surface area contributed by atoms with Crippen LogP contribution in [0.15, 0.2) is 30.3 Å². The number of halogens is 1. The number of piperidine rings is 1.